The molecule has 2 heterocycles. The minimum absolute atomic E-state index is 0.202. The summed E-state index contributed by atoms with van der Waals surface area (Å²) in [5, 5.41) is 0.821. The lowest BCUT2D eigenvalue weighted by Crippen LogP contribution is -2.30. The van der Waals surface area contributed by atoms with Gasteiger partial charge >= 0.3 is 0 Å². The van der Waals surface area contributed by atoms with Gasteiger partial charge in [0.2, 0.25) is 0 Å². The van der Waals surface area contributed by atoms with E-state index in [1.54, 1.807) is 18.3 Å². The van der Waals surface area contributed by atoms with Crippen molar-refractivity contribution in [3.8, 4) is 0 Å². The lowest BCUT2D eigenvalue weighted by atomic mass is 10.1. The number of anilines is 2. The molecular weight excluding hydrogens is 358 g/mol. The van der Waals surface area contributed by atoms with E-state index in [4.69, 9.17) is 0 Å². The number of benzene rings is 2. The van der Waals surface area contributed by atoms with E-state index in [1.165, 1.54) is 6.42 Å². The van der Waals surface area contributed by atoms with Crippen LogP contribution in [0.25, 0.3) is 10.9 Å². The Morgan fingerprint density at radius 1 is 1.00 bits per heavy atom. The fourth-order valence-electron chi connectivity index (χ4n) is 3.63. The smallest absolute Gasteiger partial charge is 0.264 e. The number of sulfonamides is 1. The first-order chi connectivity index (χ1) is 13.0. The molecule has 5 nitrogen and oxygen atoms in total. The fraction of sp³-hybridized carbons (Fsp3) is 0.286. The van der Waals surface area contributed by atoms with Gasteiger partial charge in [0.25, 0.3) is 10.0 Å². The second kappa shape index (κ2) is 7.19. The monoisotopic (exact) mass is 381 g/mol. The quantitative estimate of drug-likeness (QED) is 0.730. The lowest BCUT2D eigenvalue weighted by Gasteiger charge is -2.30. The molecule has 1 aromatic heterocycles. The Morgan fingerprint density at radius 2 is 1.78 bits per heavy atom. The maximum absolute atomic E-state index is 13.2. The van der Waals surface area contributed by atoms with Gasteiger partial charge in [0, 0.05) is 24.7 Å². The molecule has 0 bridgehead atoms. The van der Waals surface area contributed by atoms with Crippen molar-refractivity contribution in [2.45, 2.75) is 31.1 Å². The summed E-state index contributed by atoms with van der Waals surface area (Å²) < 4.78 is 29.1. The number of pyridine rings is 1. The number of hydrogen-bond donors (Lipinski definition) is 1. The molecule has 0 amide bonds. The largest absolute Gasteiger partial charge is 0.370 e. The molecule has 1 aliphatic heterocycles. The second-order valence-corrected chi connectivity index (χ2v) is 8.66. The normalized spacial score (nSPS) is 15.1. The first-order valence-electron chi connectivity index (χ1n) is 9.27. The summed E-state index contributed by atoms with van der Waals surface area (Å²) in [5.74, 6) is 0. The highest BCUT2D eigenvalue weighted by atomic mass is 32.2. The average molecular weight is 382 g/mol. The molecular formula is C21H23N3O2S. The zero-order valence-electron chi connectivity index (χ0n) is 15.4. The maximum Gasteiger partial charge on any atom is 0.264 e. The van der Waals surface area contributed by atoms with E-state index in [2.05, 4.69) is 14.6 Å². The van der Waals surface area contributed by atoms with Gasteiger partial charge in [0.15, 0.2) is 0 Å². The minimum Gasteiger partial charge on any atom is -0.370 e. The number of aryl methyl sites for hydroxylation is 1. The predicted molar refractivity (Wildman–Crippen MR) is 110 cm³/mol. The average Bonchev–Trinajstić information content (AvgIpc) is 2.68. The topological polar surface area (TPSA) is 62.3 Å². The third-order valence-electron chi connectivity index (χ3n) is 4.95. The van der Waals surface area contributed by atoms with Gasteiger partial charge in [-0.3, -0.25) is 9.71 Å². The Morgan fingerprint density at radius 3 is 2.59 bits per heavy atom. The number of rotatable bonds is 4. The molecule has 1 aliphatic rings. The summed E-state index contributed by atoms with van der Waals surface area (Å²) in [5.41, 5.74) is 3.04. The van der Waals surface area contributed by atoms with E-state index >= 15 is 0 Å². The van der Waals surface area contributed by atoms with E-state index < -0.39 is 10.0 Å². The van der Waals surface area contributed by atoms with Gasteiger partial charge in [0.05, 0.1) is 16.9 Å². The molecule has 0 aliphatic carbocycles. The van der Waals surface area contributed by atoms with E-state index in [0.29, 0.717) is 11.2 Å². The van der Waals surface area contributed by atoms with E-state index in [0.717, 1.165) is 42.6 Å². The fourth-order valence-corrected chi connectivity index (χ4v) is 4.88. The highest BCUT2D eigenvalue weighted by Crippen LogP contribution is 2.31. The van der Waals surface area contributed by atoms with Crippen molar-refractivity contribution >= 4 is 32.3 Å². The van der Waals surface area contributed by atoms with Crippen molar-refractivity contribution in [3.05, 3.63) is 60.3 Å². The Kier molecular flexibility index (Phi) is 4.74. The van der Waals surface area contributed by atoms with Crippen LogP contribution in [-0.4, -0.2) is 26.5 Å². The standard InChI is InChI=1S/C21H23N3O2S/c1-16-14-17-8-7-11-20(21(17)22-15-16)27(25,26)23-18-9-3-4-10-19(18)24-12-5-2-6-13-24/h3-4,7-11,14-15,23H,2,5-6,12-13H2,1H3. The van der Waals surface area contributed by atoms with Crippen LogP contribution in [0.2, 0.25) is 0 Å². The van der Waals surface area contributed by atoms with E-state index in [9.17, 15) is 8.42 Å². The van der Waals surface area contributed by atoms with Crippen LogP contribution in [0.1, 0.15) is 24.8 Å². The zero-order chi connectivity index (χ0) is 18.9. The molecule has 2 aromatic carbocycles. The number of aromatic nitrogens is 1. The van der Waals surface area contributed by atoms with Crippen molar-refractivity contribution in [2.75, 3.05) is 22.7 Å². The van der Waals surface area contributed by atoms with Gasteiger partial charge in [0.1, 0.15) is 4.90 Å². The van der Waals surface area contributed by atoms with Crippen LogP contribution >= 0.6 is 0 Å². The molecule has 0 saturated carbocycles. The summed E-state index contributed by atoms with van der Waals surface area (Å²) in [4.78, 5) is 6.83. The number of nitrogens with one attached hydrogen (secondary N) is 1. The van der Waals surface area contributed by atoms with Crippen molar-refractivity contribution in [1.82, 2.24) is 4.98 Å². The zero-order valence-corrected chi connectivity index (χ0v) is 16.2. The number of nitrogens with zero attached hydrogens (tertiary/aromatic N) is 2. The van der Waals surface area contributed by atoms with Crippen molar-refractivity contribution in [2.24, 2.45) is 0 Å². The number of fused-ring (bicyclic) bond motifs is 1. The Bertz CT molecular complexity index is 1070. The van der Waals surface area contributed by atoms with Crippen LogP contribution in [0.5, 0.6) is 0 Å². The predicted octanol–water partition coefficient (Wildman–Crippen LogP) is 4.33. The van der Waals surface area contributed by atoms with Gasteiger partial charge in [-0.15, -0.1) is 0 Å². The summed E-state index contributed by atoms with van der Waals surface area (Å²) >= 11 is 0. The highest BCUT2D eigenvalue weighted by Gasteiger charge is 2.21. The van der Waals surface area contributed by atoms with Crippen LogP contribution in [-0.2, 0) is 10.0 Å². The minimum atomic E-state index is -3.75. The molecule has 27 heavy (non-hydrogen) atoms. The number of para-hydroxylation sites is 3. The molecule has 140 valence electrons. The molecule has 6 heteroatoms. The summed E-state index contributed by atoms with van der Waals surface area (Å²) in [7, 11) is -3.75. The summed E-state index contributed by atoms with van der Waals surface area (Å²) in [6.45, 7) is 3.85. The first-order valence-corrected chi connectivity index (χ1v) is 10.8. The SMILES string of the molecule is Cc1cnc2c(S(=O)(=O)Nc3ccccc3N3CCCCC3)cccc2c1. The van der Waals surface area contributed by atoms with Crippen LogP contribution < -0.4 is 9.62 Å². The lowest BCUT2D eigenvalue weighted by molar-refractivity contribution is 0.578. The van der Waals surface area contributed by atoms with Crippen LogP contribution in [0, 0.1) is 6.92 Å². The summed E-state index contributed by atoms with van der Waals surface area (Å²) in [6, 6.07) is 14.8. The van der Waals surface area contributed by atoms with Gasteiger partial charge < -0.3 is 4.90 Å². The van der Waals surface area contributed by atoms with Crippen molar-refractivity contribution in [1.29, 1.82) is 0 Å². The van der Waals surface area contributed by atoms with E-state index in [1.807, 2.05) is 43.3 Å². The van der Waals surface area contributed by atoms with Crippen LogP contribution in [0.15, 0.2) is 59.6 Å². The molecule has 1 N–H and O–H groups in total. The molecule has 4 rings (SSSR count). The molecule has 0 unspecified atom stereocenters. The van der Waals surface area contributed by atoms with Gasteiger partial charge in [-0.2, -0.15) is 0 Å². The molecule has 0 atom stereocenters. The Hall–Kier alpha value is -2.60. The van der Waals surface area contributed by atoms with E-state index in [-0.39, 0.29) is 4.90 Å². The molecule has 1 fully saturated rings. The second-order valence-electron chi connectivity index (χ2n) is 7.01. The first kappa shape index (κ1) is 17.8. The van der Waals surface area contributed by atoms with Crippen molar-refractivity contribution < 1.29 is 8.42 Å². The van der Waals surface area contributed by atoms with Gasteiger partial charge in [-0.25, -0.2) is 8.42 Å². The van der Waals surface area contributed by atoms with Gasteiger partial charge in [-0.05, 0) is 56.0 Å². The highest BCUT2D eigenvalue weighted by molar-refractivity contribution is 7.93. The maximum atomic E-state index is 13.2. The number of piperidine rings is 1. The Labute approximate surface area is 160 Å². The summed E-state index contributed by atoms with van der Waals surface area (Å²) in [6.07, 6.45) is 5.19. The van der Waals surface area contributed by atoms with Crippen LogP contribution in [0.4, 0.5) is 11.4 Å². The third kappa shape index (κ3) is 3.62. The molecule has 1 saturated heterocycles. The molecule has 0 spiro atoms. The van der Waals surface area contributed by atoms with Crippen molar-refractivity contribution in [3.63, 3.8) is 0 Å². The molecule has 3 aromatic rings. The Balaban J connectivity index is 1.73. The van der Waals surface area contributed by atoms with Gasteiger partial charge in [-0.1, -0.05) is 24.3 Å². The third-order valence-corrected chi connectivity index (χ3v) is 6.34. The van der Waals surface area contributed by atoms with Crippen LogP contribution in [0.3, 0.4) is 0 Å². The molecule has 0 radical (unpaired) electrons. The number of hydrogen-bond acceptors (Lipinski definition) is 4.